The van der Waals surface area contributed by atoms with Crippen molar-refractivity contribution in [2.45, 2.75) is 0 Å². The van der Waals surface area contributed by atoms with Crippen LogP contribution in [0, 0.1) is 15.9 Å². The number of non-ortho nitro benzene ring substituents is 1. The fraction of sp³-hybridized carbons (Fsp3) is 0. The molecule has 0 spiro atoms. The second-order valence-electron chi connectivity index (χ2n) is 6.39. The minimum atomic E-state index is -0.482. The third-order valence-corrected chi connectivity index (χ3v) is 4.58. The first kappa shape index (κ1) is 16.9. The number of halogens is 1. The molecular formula is C21H12FN5O2. The normalized spacial score (nSPS) is 11.2. The Balaban J connectivity index is 1.89. The fourth-order valence-electron chi connectivity index (χ4n) is 3.27. The molecule has 0 aliphatic heterocycles. The van der Waals surface area contributed by atoms with Crippen LogP contribution >= 0.6 is 0 Å². The summed E-state index contributed by atoms with van der Waals surface area (Å²) < 4.78 is 16.2. The molecule has 29 heavy (non-hydrogen) atoms. The minimum absolute atomic E-state index is 0.0827. The lowest BCUT2D eigenvalue weighted by molar-refractivity contribution is -0.384. The molecule has 7 nitrogen and oxygen atoms in total. The zero-order valence-corrected chi connectivity index (χ0v) is 14.9. The average Bonchev–Trinajstić information content (AvgIpc) is 3.10. The van der Waals surface area contributed by atoms with Crippen molar-refractivity contribution in [2.24, 2.45) is 0 Å². The van der Waals surface area contributed by atoms with Crippen LogP contribution in [0.4, 0.5) is 10.1 Å². The van der Waals surface area contributed by atoms with E-state index in [4.69, 9.17) is 0 Å². The Morgan fingerprint density at radius 3 is 2.34 bits per heavy atom. The van der Waals surface area contributed by atoms with Crippen molar-refractivity contribution in [3.05, 3.63) is 88.7 Å². The first-order chi connectivity index (χ1) is 14.1. The van der Waals surface area contributed by atoms with Crippen LogP contribution in [0.15, 0.2) is 72.8 Å². The molecule has 0 unspecified atom stereocenters. The van der Waals surface area contributed by atoms with Gasteiger partial charge in [0.25, 0.3) is 5.69 Å². The van der Waals surface area contributed by atoms with Crippen LogP contribution < -0.4 is 0 Å². The number of para-hydroxylation sites is 3. The van der Waals surface area contributed by atoms with Gasteiger partial charge in [-0.3, -0.25) is 14.7 Å². The van der Waals surface area contributed by atoms with Gasteiger partial charge in [0.2, 0.25) is 0 Å². The van der Waals surface area contributed by atoms with Crippen molar-refractivity contribution in [1.82, 2.24) is 19.5 Å². The number of nitro benzene ring substituents is 1. The lowest BCUT2D eigenvalue weighted by Crippen LogP contribution is -2.02. The van der Waals surface area contributed by atoms with Crippen molar-refractivity contribution in [3.63, 3.8) is 0 Å². The predicted molar refractivity (Wildman–Crippen MR) is 106 cm³/mol. The minimum Gasteiger partial charge on any atom is -0.272 e. The topological polar surface area (TPSA) is 86.7 Å². The van der Waals surface area contributed by atoms with Gasteiger partial charge in [0.1, 0.15) is 11.6 Å². The van der Waals surface area contributed by atoms with Crippen LogP contribution in [0.5, 0.6) is 0 Å². The second-order valence-corrected chi connectivity index (χ2v) is 6.39. The summed E-state index contributed by atoms with van der Waals surface area (Å²) in [5.74, 6) is -0.141. The van der Waals surface area contributed by atoms with E-state index in [1.807, 2.05) is 24.3 Å². The molecule has 0 fully saturated rings. The Bertz CT molecular complexity index is 1410. The van der Waals surface area contributed by atoms with Gasteiger partial charge in [-0.2, -0.15) is 0 Å². The number of nitrogens with zero attached hydrogens (tertiary/aromatic N) is 5. The van der Waals surface area contributed by atoms with E-state index in [9.17, 15) is 14.5 Å². The summed E-state index contributed by atoms with van der Waals surface area (Å²) in [7, 11) is 0. The maximum Gasteiger partial charge on any atom is 0.270 e. The van der Waals surface area contributed by atoms with Gasteiger partial charge in [0, 0.05) is 17.7 Å². The molecule has 0 N–H and O–H groups in total. The largest absolute Gasteiger partial charge is 0.272 e. The molecule has 0 radical (unpaired) electrons. The Hall–Kier alpha value is -4.20. The van der Waals surface area contributed by atoms with Gasteiger partial charge >= 0.3 is 0 Å². The zero-order chi connectivity index (χ0) is 20.0. The standard InChI is InChI=1S/C21H12FN5O2/c22-15-8-1-4-11-18(15)26-20(13-6-5-7-14(12-13)27(28)29)25-19-21(26)24-17-10-3-2-9-16(17)23-19/h1-12H. The van der Waals surface area contributed by atoms with E-state index in [1.165, 1.54) is 18.2 Å². The summed E-state index contributed by atoms with van der Waals surface area (Å²) in [5.41, 5.74) is 2.61. The van der Waals surface area contributed by atoms with Crippen molar-refractivity contribution in [3.8, 4) is 17.1 Å². The van der Waals surface area contributed by atoms with Crippen LogP contribution in [-0.4, -0.2) is 24.4 Å². The molecule has 8 heteroatoms. The van der Waals surface area contributed by atoms with Crippen LogP contribution in [0.1, 0.15) is 0 Å². The van der Waals surface area contributed by atoms with Gasteiger partial charge in [0.15, 0.2) is 11.3 Å². The average molecular weight is 385 g/mol. The van der Waals surface area contributed by atoms with Crippen molar-refractivity contribution in [1.29, 1.82) is 0 Å². The lowest BCUT2D eigenvalue weighted by Gasteiger charge is -2.10. The number of nitro groups is 1. The van der Waals surface area contributed by atoms with Crippen molar-refractivity contribution in [2.75, 3.05) is 0 Å². The van der Waals surface area contributed by atoms with E-state index in [0.717, 1.165) is 0 Å². The van der Waals surface area contributed by atoms with E-state index in [-0.39, 0.29) is 11.4 Å². The summed E-state index contributed by atoms with van der Waals surface area (Å²) in [6.45, 7) is 0. The summed E-state index contributed by atoms with van der Waals surface area (Å²) >= 11 is 0. The van der Waals surface area contributed by atoms with Crippen LogP contribution in [0.2, 0.25) is 0 Å². The molecule has 2 heterocycles. The molecule has 0 aliphatic rings. The van der Waals surface area contributed by atoms with Crippen LogP contribution in [-0.2, 0) is 0 Å². The number of aromatic nitrogens is 4. The van der Waals surface area contributed by atoms with Crippen LogP contribution in [0.3, 0.4) is 0 Å². The summed E-state index contributed by atoms with van der Waals surface area (Å²) in [6.07, 6.45) is 0. The van der Waals surface area contributed by atoms with Crippen molar-refractivity contribution < 1.29 is 9.31 Å². The molecule has 140 valence electrons. The van der Waals surface area contributed by atoms with Gasteiger partial charge in [-0.1, -0.05) is 36.4 Å². The van der Waals surface area contributed by atoms with E-state index in [0.29, 0.717) is 33.7 Å². The summed E-state index contributed by atoms with van der Waals surface area (Å²) in [6, 6.07) is 19.6. The molecule has 0 aliphatic carbocycles. The number of hydrogen-bond acceptors (Lipinski definition) is 5. The van der Waals surface area contributed by atoms with Gasteiger partial charge in [-0.25, -0.2) is 19.3 Å². The Kier molecular flexibility index (Phi) is 3.77. The number of rotatable bonds is 3. The first-order valence-corrected chi connectivity index (χ1v) is 8.77. The highest BCUT2D eigenvalue weighted by Crippen LogP contribution is 2.30. The highest BCUT2D eigenvalue weighted by Gasteiger charge is 2.20. The molecule has 3 aromatic carbocycles. The number of imidazole rings is 1. The number of benzene rings is 3. The van der Waals surface area contributed by atoms with E-state index in [1.54, 1.807) is 34.9 Å². The highest BCUT2D eigenvalue weighted by molar-refractivity contribution is 5.86. The number of fused-ring (bicyclic) bond motifs is 2. The Labute approximate surface area is 163 Å². The third-order valence-electron chi connectivity index (χ3n) is 4.58. The van der Waals surface area contributed by atoms with E-state index < -0.39 is 10.7 Å². The molecule has 5 aromatic rings. The van der Waals surface area contributed by atoms with E-state index >= 15 is 0 Å². The molecule has 0 saturated carbocycles. The quantitative estimate of drug-likeness (QED) is 0.332. The Morgan fingerprint density at radius 2 is 1.59 bits per heavy atom. The SMILES string of the molecule is O=[N+]([O-])c1cccc(-c2nc3nc4ccccc4nc3n2-c2ccccc2F)c1. The molecule has 2 aromatic heterocycles. The molecule has 0 saturated heterocycles. The maximum absolute atomic E-state index is 14.7. The smallest absolute Gasteiger partial charge is 0.270 e. The maximum atomic E-state index is 14.7. The third kappa shape index (κ3) is 2.78. The summed E-state index contributed by atoms with van der Waals surface area (Å²) in [4.78, 5) is 24.5. The zero-order valence-electron chi connectivity index (χ0n) is 14.9. The second kappa shape index (κ2) is 6.45. The summed E-state index contributed by atoms with van der Waals surface area (Å²) in [5, 5.41) is 11.2. The molecule has 0 bridgehead atoms. The monoisotopic (exact) mass is 385 g/mol. The van der Waals surface area contributed by atoms with Gasteiger partial charge in [-0.15, -0.1) is 0 Å². The molecular weight excluding hydrogens is 373 g/mol. The number of hydrogen-bond donors (Lipinski definition) is 0. The fourth-order valence-corrected chi connectivity index (χ4v) is 3.27. The molecule has 0 atom stereocenters. The van der Waals surface area contributed by atoms with E-state index in [2.05, 4.69) is 15.0 Å². The van der Waals surface area contributed by atoms with Crippen molar-refractivity contribution >= 4 is 28.0 Å². The van der Waals surface area contributed by atoms with Gasteiger partial charge < -0.3 is 0 Å². The van der Waals surface area contributed by atoms with Gasteiger partial charge in [0.05, 0.1) is 21.6 Å². The Morgan fingerprint density at radius 1 is 0.862 bits per heavy atom. The first-order valence-electron chi connectivity index (χ1n) is 8.77. The molecule has 5 rings (SSSR count). The highest BCUT2D eigenvalue weighted by atomic mass is 19.1. The lowest BCUT2D eigenvalue weighted by atomic mass is 10.2. The predicted octanol–water partition coefficient (Wildman–Crippen LogP) is 4.68. The molecule has 0 amide bonds. The van der Waals surface area contributed by atoms with Crippen LogP contribution in [0.25, 0.3) is 39.4 Å². The van der Waals surface area contributed by atoms with Gasteiger partial charge in [-0.05, 0) is 24.3 Å².